The lowest BCUT2D eigenvalue weighted by molar-refractivity contribution is 0.459. The molecule has 2 aromatic carbocycles. The topological polar surface area (TPSA) is 56.0 Å². The van der Waals surface area contributed by atoms with Crippen molar-refractivity contribution in [3.8, 4) is 11.8 Å². The molecule has 2 N–H and O–H groups in total. The Bertz CT molecular complexity index is 682. The lowest BCUT2D eigenvalue weighted by Gasteiger charge is -2.18. The first kappa shape index (κ1) is 14.2. The number of rotatable bonds is 3. The van der Waals surface area contributed by atoms with E-state index < -0.39 is 5.82 Å². The van der Waals surface area contributed by atoms with Crippen LogP contribution in [0, 0.1) is 17.1 Å². The van der Waals surface area contributed by atoms with Gasteiger partial charge in [0.2, 0.25) is 0 Å². The van der Waals surface area contributed by atoms with Gasteiger partial charge in [0.25, 0.3) is 0 Å². The summed E-state index contributed by atoms with van der Waals surface area (Å²) in [7, 11) is 0. The number of halogens is 2. The van der Waals surface area contributed by atoms with Crippen LogP contribution in [0.5, 0.6) is 5.75 Å². The van der Waals surface area contributed by atoms with Crippen molar-refractivity contribution in [2.24, 2.45) is 0 Å². The van der Waals surface area contributed by atoms with Crippen LogP contribution in [-0.4, -0.2) is 5.11 Å². The Balaban J connectivity index is 2.23. The normalized spacial score (nSPS) is 11.7. The van der Waals surface area contributed by atoms with E-state index >= 15 is 0 Å². The van der Waals surface area contributed by atoms with Crippen LogP contribution in [0.15, 0.2) is 36.4 Å². The van der Waals surface area contributed by atoms with E-state index in [-0.39, 0.29) is 11.8 Å². The number of phenols is 1. The van der Waals surface area contributed by atoms with Crippen molar-refractivity contribution >= 4 is 17.3 Å². The first-order valence-corrected chi connectivity index (χ1v) is 6.33. The number of hydrogen-bond acceptors (Lipinski definition) is 3. The predicted octanol–water partition coefficient (Wildman–Crippen LogP) is 4.23. The predicted molar refractivity (Wildman–Crippen MR) is 76.3 cm³/mol. The Morgan fingerprint density at radius 1 is 1.30 bits per heavy atom. The number of anilines is 1. The third kappa shape index (κ3) is 3.01. The largest absolute Gasteiger partial charge is 0.507 e. The van der Waals surface area contributed by atoms with Gasteiger partial charge in [0.1, 0.15) is 11.6 Å². The summed E-state index contributed by atoms with van der Waals surface area (Å²) in [5.41, 5.74) is 1.67. The fraction of sp³-hybridized carbons (Fsp3) is 0.133. The molecule has 2 aromatic rings. The Hall–Kier alpha value is -2.25. The highest BCUT2D eigenvalue weighted by Crippen LogP contribution is 2.30. The van der Waals surface area contributed by atoms with Gasteiger partial charge in [-0.15, -0.1) is 0 Å². The summed E-state index contributed by atoms with van der Waals surface area (Å²) in [5.74, 6) is -0.607. The molecule has 1 unspecified atom stereocenters. The van der Waals surface area contributed by atoms with Crippen LogP contribution in [0.4, 0.5) is 10.1 Å². The summed E-state index contributed by atoms with van der Waals surface area (Å²) in [6.07, 6.45) is 0. The highest BCUT2D eigenvalue weighted by Gasteiger charge is 2.12. The van der Waals surface area contributed by atoms with Crippen molar-refractivity contribution in [1.82, 2.24) is 0 Å². The van der Waals surface area contributed by atoms with Crippen molar-refractivity contribution < 1.29 is 9.50 Å². The van der Waals surface area contributed by atoms with Crippen LogP contribution >= 0.6 is 11.6 Å². The molecule has 3 nitrogen and oxygen atoms in total. The molecule has 0 saturated carbocycles. The molecule has 0 radical (unpaired) electrons. The minimum atomic E-state index is -0.491. The van der Waals surface area contributed by atoms with Gasteiger partial charge >= 0.3 is 0 Å². The number of nitriles is 1. The van der Waals surface area contributed by atoms with E-state index in [1.807, 2.05) is 13.0 Å². The average molecular weight is 291 g/mol. The molecule has 1 atom stereocenters. The number of phenolic OH excluding ortho intramolecular Hbond substituents is 1. The Morgan fingerprint density at radius 3 is 2.65 bits per heavy atom. The molecule has 0 bridgehead atoms. The number of aromatic hydroxyl groups is 1. The molecule has 0 aliphatic heterocycles. The number of hydrogen-bond donors (Lipinski definition) is 2. The SMILES string of the molecule is CC(Nc1ccc(C#N)cc1Cl)c1ccc(F)cc1O. The summed E-state index contributed by atoms with van der Waals surface area (Å²) in [6.45, 7) is 1.82. The van der Waals surface area contributed by atoms with E-state index in [2.05, 4.69) is 5.32 Å². The molecule has 0 aliphatic rings. The molecule has 5 heteroatoms. The maximum Gasteiger partial charge on any atom is 0.126 e. The van der Waals surface area contributed by atoms with Gasteiger partial charge in [-0.3, -0.25) is 0 Å². The van der Waals surface area contributed by atoms with Gasteiger partial charge in [-0.1, -0.05) is 17.7 Å². The summed E-state index contributed by atoms with van der Waals surface area (Å²) >= 11 is 6.07. The van der Waals surface area contributed by atoms with E-state index in [0.29, 0.717) is 21.8 Å². The number of benzene rings is 2. The third-order valence-electron chi connectivity index (χ3n) is 2.93. The van der Waals surface area contributed by atoms with E-state index in [1.165, 1.54) is 12.1 Å². The van der Waals surface area contributed by atoms with Gasteiger partial charge in [0.05, 0.1) is 28.4 Å². The fourth-order valence-corrected chi connectivity index (χ4v) is 2.13. The van der Waals surface area contributed by atoms with Crippen LogP contribution in [0.3, 0.4) is 0 Å². The lowest BCUT2D eigenvalue weighted by atomic mass is 10.1. The zero-order chi connectivity index (χ0) is 14.7. The summed E-state index contributed by atoms with van der Waals surface area (Å²) in [6, 6.07) is 10.5. The van der Waals surface area contributed by atoms with Gasteiger partial charge in [-0.05, 0) is 31.2 Å². The average Bonchev–Trinajstić information content (AvgIpc) is 2.40. The van der Waals surface area contributed by atoms with Crippen molar-refractivity contribution in [3.05, 3.63) is 58.4 Å². The second kappa shape index (κ2) is 5.81. The van der Waals surface area contributed by atoms with Gasteiger partial charge in [0, 0.05) is 11.6 Å². The Labute approximate surface area is 121 Å². The van der Waals surface area contributed by atoms with Crippen LogP contribution in [0.2, 0.25) is 5.02 Å². The smallest absolute Gasteiger partial charge is 0.126 e. The molecule has 2 rings (SSSR count). The maximum absolute atomic E-state index is 13.0. The standard InChI is InChI=1S/C15H12ClFN2O/c1-9(12-4-3-11(17)7-15(12)20)19-14-5-2-10(8-18)6-13(14)16/h2-7,9,19-20H,1H3. The third-order valence-corrected chi connectivity index (χ3v) is 3.24. The van der Waals surface area contributed by atoms with Gasteiger partial charge in [0.15, 0.2) is 0 Å². The zero-order valence-corrected chi connectivity index (χ0v) is 11.4. The first-order valence-electron chi connectivity index (χ1n) is 5.96. The molecule has 20 heavy (non-hydrogen) atoms. The molecule has 0 saturated heterocycles. The molecule has 0 amide bonds. The molecule has 0 heterocycles. The fourth-order valence-electron chi connectivity index (χ4n) is 1.90. The molecule has 0 aromatic heterocycles. The first-order chi connectivity index (χ1) is 9.51. The minimum Gasteiger partial charge on any atom is -0.507 e. The van der Waals surface area contributed by atoms with Crippen LogP contribution in [-0.2, 0) is 0 Å². The second-order valence-corrected chi connectivity index (χ2v) is 4.78. The highest BCUT2D eigenvalue weighted by molar-refractivity contribution is 6.33. The van der Waals surface area contributed by atoms with E-state index in [4.69, 9.17) is 16.9 Å². The summed E-state index contributed by atoms with van der Waals surface area (Å²) < 4.78 is 13.0. The van der Waals surface area contributed by atoms with Crippen molar-refractivity contribution in [1.29, 1.82) is 5.26 Å². The van der Waals surface area contributed by atoms with E-state index in [1.54, 1.807) is 18.2 Å². The van der Waals surface area contributed by atoms with Crippen LogP contribution < -0.4 is 5.32 Å². The zero-order valence-electron chi connectivity index (χ0n) is 10.7. The van der Waals surface area contributed by atoms with Crippen LogP contribution in [0.25, 0.3) is 0 Å². The molecule has 0 fully saturated rings. The lowest BCUT2D eigenvalue weighted by Crippen LogP contribution is -2.07. The second-order valence-electron chi connectivity index (χ2n) is 4.38. The molecular formula is C15H12ClFN2O. The van der Waals surface area contributed by atoms with Gasteiger partial charge in [-0.2, -0.15) is 5.26 Å². The molecular weight excluding hydrogens is 279 g/mol. The Morgan fingerprint density at radius 2 is 2.05 bits per heavy atom. The summed E-state index contributed by atoms with van der Waals surface area (Å²) in [4.78, 5) is 0. The quantitative estimate of drug-likeness (QED) is 0.889. The number of nitrogens with one attached hydrogen (secondary N) is 1. The highest BCUT2D eigenvalue weighted by atomic mass is 35.5. The van der Waals surface area contributed by atoms with Gasteiger partial charge < -0.3 is 10.4 Å². The number of nitrogens with zero attached hydrogens (tertiary/aromatic N) is 1. The maximum atomic E-state index is 13.0. The molecule has 0 spiro atoms. The van der Waals surface area contributed by atoms with Crippen molar-refractivity contribution in [2.75, 3.05) is 5.32 Å². The Kier molecular flexibility index (Phi) is 4.11. The van der Waals surface area contributed by atoms with E-state index in [9.17, 15) is 9.50 Å². The minimum absolute atomic E-state index is 0.116. The van der Waals surface area contributed by atoms with Crippen molar-refractivity contribution in [3.63, 3.8) is 0 Å². The summed E-state index contributed by atoms with van der Waals surface area (Å²) in [5, 5.41) is 22.0. The van der Waals surface area contributed by atoms with Crippen LogP contribution in [0.1, 0.15) is 24.1 Å². The molecule has 0 aliphatic carbocycles. The molecule has 102 valence electrons. The van der Waals surface area contributed by atoms with Gasteiger partial charge in [-0.25, -0.2) is 4.39 Å². The van der Waals surface area contributed by atoms with Crippen molar-refractivity contribution in [2.45, 2.75) is 13.0 Å². The monoisotopic (exact) mass is 290 g/mol. The van der Waals surface area contributed by atoms with E-state index in [0.717, 1.165) is 6.07 Å².